The highest BCUT2D eigenvalue weighted by Gasteiger charge is 2.08. The molecule has 0 aliphatic carbocycles. The number of hydrogen-bond acceptors (Lipinski definition) is 2. The lowest BCUT2D eigenvalue weighted by Gasteiger charge is -2.16. The minimum Gasteiger partial charge on any atom is -0.488 e. The first-order valence-corrected chi connectivity index (χ1v) is 6.50. The number of hydrogen-bond donors (Lipinski definition) is 2. The molecule has 4 nitrogen and oxygen atoms in total. The second-order valence-electron chi connectivity index (χ2n) is 4.63. The minimum absolute atomic E-state index is 0. The molecule has 0 saturated carbocycles. The molecular weight excluding hydrogens is 372 g/mol. The summed E-state index contributed by atoms with van der Waals surface area (Å²) in [6, 6.07) is 6.34. The maximum atomic E-state index is 13.0. The van der Waals surface area contributed by atoms with Gasteiger partial charge >= 0.3 is 0 Å². The van der Waals surface area contributed by atoms with E-state index in [1.165, 1.54) is 12.1 Å². The Hall–Kier alpha value is -1.05. The van der Waals surface area contributed by atoms with Crippen LogP contribution in [0.2, 0.25) is 0 Å². The van der Waals surface area contributed by atoms with E-state index in [9.17, 15) is 4.39 Å². The lowest BCUT2D eigenvalue weighted by molar-refractivity contribution is 0.205. The number of rotatable bonds is 6. The zero-order valence-electron chi connectivity index (χ0n) is 12.1. The average molecular weight is 395 g/mol. The number of nitrogens with zero attached hydrogens (tertiary/aromatic N) is 1. The van der Waals surface area contributed by atoms with Gasteiger partial charge in [0.05, 0.1) is 6.54 Å². The van der Waals surface area contributed by atoms with Gasteiger partial charge in [0.15, 0.2) is 5.96 Å². The van der Waals surface area contributed by atoms with Crippen molar-refractivity contribution in [1.29, 1.82) is 0 Å². The third-order valence-corrected chi connectivity index (χ3v) is 2.46. The molecule has 0 spiro atoms. The van der Waals surface area contributed by atoms with E-state index >= 15 is 0 Å². The summed E-state index contributed by atoms with van der Waals surface area (Å²) in [6.45, 7) is 6.41. The zero-order chi connectivity index (χ0) is 14.3. The van der Waals surface area contributed by atoms with E-state index in [-0.39, 0.29) is 41.9 Å². The summed E-state index contributed by atoms with van der Waals surface area (Å²) >= 11 is 0. The molecule has 1 atom stereocenters. The van der Waals surface area contributed by atoms with Gasteiger partial charge in [0.1, 0.15) is 17.7 Å². The first-order valence-electron chi connectivity index (χ1n) is 6.50. The normalized spacial score (nSPS) is 12.8. The van der Waals surface area contributed by atoms with Crippen LogP contribution in [0.3, 0.4) is 0 Å². The quantitative estimate of drug-likeness (QED) is 0.443. The van der Waals surface area contributed by atoms with Crippen LogP contribution >= 0.6 is 24.0 Å². The summed E-state index contributed by atoms with van der Waals surface area (Å²) in [4.78, 5) is 4.22. The van der Waals surface area contributed by atoms with Crippen LogP contribution in [0.4, 0.5) is 4.39 Å². The van der Waals surface area contributed by atoms with E-state index in [1.807, 2.05) is 20.8 Å². The molecule has 0 amide bonds. The molecule has 1 rings (SSSR count). The zero-order valence-corrected chi connectivity index (χ0v) is 14.4. The van der Waals surface area contributed by atoms with Crippen molar-refractivity contribution in [1.82, 2.24) is 5.32 Å². The highest BCUT2D eigenvalue weighted by atomic mass is 127. The van der Waals surface area contributed by atoms with E-state index in [0.29, 0.717) is 18.3 Å². The Morgan fingerprint density at radius 3 is 2.70 bits per heavy atom. The van der Waals surface area contributed by atoms with Gasteiger partial charge in [-0.25, -0.2) is 9.38 Å². The lowest BCUT2D eigenvalue weighted by Crippen LogP contribution is -2.37. The number of ether oxygens (including phenoxy) is 1. The van der Waals surface area contributed by atoms with Crippen molar-refractivity contribution in [2.45, 2.75) is 39.3 Å². The lowest BCUT2D eigenvalue weighted by atomic mass is 10.2. The van der Waals surface area contributed by atoms with E-state index in [1.54, 1.807) is 12.1 Å². The molecular formula is C14H23FIN3O. The monoisotopic (exact) mass is 395 g/mol. The number of nitrogens with one attached hydrogen (secondary N) is 1. The van der Waals surface area contributed by atoms with Crippen LogP contribution in [0.15, 0.2) is 29.3 Å². The molecule has 0 fully saturated rings. The molecule has 0 aliphatic heterocycles. The predicted molar refractivity (Wildman–Crippen MR) is 91.3 cm³/mol. The number of halogens is 2. The van der Waals surface area contributed by atoms with Gasteiger partial charge in [0.2, 0.25) is 0 Å². The van der Waals surface area contributed by atoms with Gasteiger partial charge in [-0.1, -0.05) is 13.0 Å². The Morgan fingerprint density at radius 1 is 1.45 bits per heavy atom. The molecule has 114 valence electrons. The van der Waals surface area contributed by atoms with Gasteiger partial charge in [-0.15, -0.1) is 24.0 Å². The first kappa shape index (κ1) is 18.9. The molecule has 20 heavy (non-hydrogen) atoms. The van der Waals surface area contributed by atoms with Gasteiger partial charge in [-0.2, -0.15) is 0 Å². The molecule has 6 heteroatoms. The highest BCUT2D eigenvalue weighted by molar-refractivity contribution is 14.0. The van der Waals surface area contributed by atoms with Gasteiger partial charge in [-0.05, 0) is 32.4 Å². The van der Waals surface area contributed by atoms with Gasteiger partial charge in [0.25, 0.3) is 0 Å². The Morgan fingerprint density at radius 2 is 2.15 bits per heavy atom. The van der Waals surface area contributed by atoms with Crippen LogP contribution in [0.1, 0.15) is 27.2 Å². The largest absolute Gasteiger partial charge is 0.488 e. The molecule has 0 saturated heterocycles. The fourth-order valence-corrected chi connectivity index (χ4v) is 1.52. The standard InChI is InChI=1S/C14H22FN3O.HI/c1-4-12(9-17-14(16)18-10(2)3)19-13-7-5-6-11(15)8-13;/h5-8,10,12H,4,9H2,1-3H3,(H3,16,17,18);1H. The van der Waals surface area contributed by atoms with E-state index in [2.05, 4.69) is 10.3 Å². The van der Waals surface area contributed by atoms with Gasteiger partial charge in [-0.3, -0.25) is 0 Å². The second-order valence-corrected chi connectivity index (χ2v) is 4.63. The van der Waals surface area contributed by atoms with E-state index in [0.717, 1.165) is 6.42 Å². The molecule has 3 N–H and O–H groups in total. The van der Waals surface area contributed by atoms with Crippen LogP contribution in [-0.4, -0.2) is 24.7 Å². The minimum atomic E-state index is -0.308. The molecule has 0 aliphatic rings. The summed E-state index contributed by atoms with van der Waals surface area (Å²) in [7, 11) is 0. The van der Waals surface area contributed by atoms with Gasteiger partial charge in [0, 0.05) is 12.1 Å². The van der Waals surface area contributed by atoms with Crippen LogP contribution in [0.25, 0.3) is 0 Å². The van der Waals surface area contributed by atoms with Crippen molar-refractivity contribution in [3.63, 3.8) is 0 Å². The Labute approximate surface area is 137 Å². The summed E-state index contributed by atoms with van der Waals surface area (Å²) in [5.74, 6) is 0.602. The van der Waals surface area contributed by atoms with Crippen molar-refractivity contribution in [2.24, 2.45) is 10.7 Å². The highest BCUT2D eigenvalue weighted by Crippen LogP contribution is 2.15. The molecule has 0 radical (unpaired) electrons. The third kappa shape index (κ3) is 7.52. The van der Waals surface area contributed by atoms with Crippen molar-refractivity contribution < 1.29 is 9.13 Å². The fourth-order valence-electron chi connectivity index (χ4n) is 1.52. The molecule has 1 aromatic carbocycles. The fraction of sp³-hybridized carbons (Fsp3) is 0.500. The van der Waals surface area contributed by atoms with Crippen LogP contribution < -0.4 is 15.8 Å². The van der Waals surface area contributed by atoms with Crippen LogP contribution in [-0.2, 0) is 0 Å². The number of guanidine groups is 1. The molecule has 0 heterocycles. The maximum Gasteiger partial charge on any atom is 0.188 e. The summed E-state index contributed by atoms with van der Waals surface area (Å²) in [6.07, 6.45) is 0.656. The second kappa shape index (κ2) is 9.79. The first-order chi connectivity index (χ1) is 9.01. The van der Waals surface area contributed by atoms with Crippen molar-refractivity contribution in [3.05, 3.63) is 30.1 Å². The topological polar surface area (TPSA) is 59.6 Å². The average Bonchev–Trinajstić information content (AvgIpc) is 2.33. The Bertz CT molecular complexity index is 427. The third-order valence-electron chi connectivity index (χ3n) is 2.46. The van der Waals surface area contributed by atoms with Crippen molar-refractivity contribution in [2.75, 3.05) is 6.54 Å². The van der Waals surface area contributed by atoms with E-state index in [4.69, 9.17) is 10.5 Å². The van der Waals surface area contributed by atoms with Crippen LogP contribution in [0, 0.1) is 5.82 Å². The smallest absolute Gasteiger partial charge is 0.188 e. The predicted octanol–water partition coefficient (Wildman–Crippen LogP) is 2.91. The Balaban J connectivity index is 0.00000361. The summed E-state index contributed by atoms with van der Waals surface area (Å²) < 4.78 is 18.7. The van der Waals surface area contributed by atoms with Crippen LogP contribution in [0.5, 0.6) is 5.75 Å². The molecule has 1 unspecified atom stereocenters. The van der Waals surface area contributed by atoms with E-state index < -0.39 is 0 Å². The van der Waals surface area contributed by atoms with Crippen molar-refractivity contribution in [3.8, 4) is 5.75 Å². The summed E-state index contributed by atoms with van der Waals surface area (Å²) in [5, 5.41) is 3.01. The molecule has 0 bridgehead atoms. The van der Waals surface area contributed by atoms with Gasteiger partial charge < -0.3 is 15.8 Å². The SMILES string of the molecule is CCC(CN=C(N)NC(C)C)Oc1cccc(F)c1.I. The number of aliphatic imine (C=N–C) groups is 1. The molecule has 0 aromatic heterocycles. The number of nitrogens with two attached hydrogens (primary N) is 1. The Kier molecular flexibility index (Phi) is 9.28. The summed E-state index contributed by atoms with van der Waals surface area (Å²) in [5.41, 5.74) is 5.72. The molecule has 1 aromatic rings. The number of benzene rings is 1. The maximum absolute atomic E-state index is 13.0. The van der Waals surface area contributed by atoms with Crippen molar-refractivity contribution >= 4 is 29.9 Å².